The fraction of sp³-hybridized carbons (Fsp3) is 0.441. The van der Waals surface area contributed by atoms with Crippen LogP contribution in [0.5, 0.6) is 0 Å². The molecule has 6 heteroatoms. The Kier molecular flexibility index (Phi) is 22.0. The van der Waals surface area contributed by atoms with Crippen LogP contribution in [-0.4, -0.2) is 18.1 Å². The number of amides is 1. The van der Waals surface area contributed by atoms with Crippen LogP contribution in [0, 0.1) is 0 Å². The molecule has 1 amide bonds. The molecule has 1 unspecified atom stereocenters. The van der Waals surface area contributed by atoms with Crippen molar-refractivity contribution >= 4 is 35.0 Å². The van der Waals surface area contributed by atoms with Crippen LogP contribution >= 0.6 is 23.4 Å². The molecule has 3 aromatic carbocycles. The van der Waals surface area contributed by atoms with Gasteiger partial charge in [-0.1, -0.05) is 103 Å². The van der Waals surface area contributed by atoms with E-state index in [2.05, 4.69) is 67.7 Å². The predicted molar refractivity (Wildman–Crippen MR) is 173 cm³/mol. The second-order valence-corrected chi connectivity index (χ2v) is 10.2. The van der Waals surface area contributed by atoms with Crippen LogP contribution in [-0.2, 0) is 17.6 Å². The first-order valence-electron chi connectivity index (χ1n) is 14.5. The fourth-order valence-electron chi connectivity index (χ4n) is 3.62. The number of rotatable bonds is 11. The Morgan fingerprint density at radius 2 is 1.27 bits per heavy atom. The molecule has 0 saturated carbocycles. The predicted octanol–water partition coefficient (Wildman–Crippen LogP) is 11.5. The molecule has 2 nitrogen and oxygen atoms in total. The Balaban J connectivity index is 0.00000150. The van der Waals surface area contributed by atoms with Crippen molar-refractivity contribution in [3.63, 3.8) is 0 Å². The van der Waals surface area contributed by atoms with E-state index in [0.29, 0.717) is 0 Å². The van der Waals surface area contributed by atoms with Gasteiger partial charge in [-0.2, -0.15) is 0 Å². The summed E-state index contributed by atoms with van der Waals surface area (Å²) in [6.07, 6.45) is 1.58. The summed E-state index contributed by atoms with van der Waals surface area (Å²) in [6, 6.07) is 24.6. The Morgan fingerprint density at radius 1 is 0.800 bits per heavy atom. The highest BCUT2D eigenvalue weighted by atomic mass is 35.5. The summed E-state index contributed by atoms with van der Waals surface area (Å²) in [4.78, 5) is 14.3. The number of anilines is 1. The third-order valence-corrected chi connectivity index (χ3v) is 6.78. The standard InChI is InChI=1S/C27H30ClNOS.C3H6F2.2C2H6/c1-3-5-26(22-12-18-25(19-13-22)31-4-2)27(30)29-24-16-10-21(11-17-24)7-6-20-8-14-23(28)15-9-20;1-2-3(4)5;2*1-2/h8-19,26H,3-7H2,1-2H3,(H,29,30);3H,2H2,1H3;2*1-2H3. The molecule has 0 aliphatic heterocycles. The summed E-state index contributed by atoms with van der Waals surface area (Å²) in [6.45, 7) is 13.7. The molecular weight excluding hydrogens is 544 g/mol. The second kappa shape index (κ2) is 23.3. The van der Waals surface area contributed by atoms with Gasteiger partial charge in [0.25, 0.3) is 0 Å². The second-order valence-electron chi connectivity index (χ2n) is 8.46. The molecule has 0 aliphatic rings. The zero-order chi connectivity index (χ0) is 30.3. The van der Waals surface area contributed by atoms with E-state index in [1.807, 2.05) is 63.7 Å². The summed E-state index contributed by atoms with van der Waals surface area (Å²) < 4.78 is 21.5. The highest BCUT2D eigenvalue weighted by Crippen LogP contribution is 2.26. The summed E-state index contributed by atoms with van der Waals surface area (Å²) >= 11 is 7.77. The number of hydrogen-bond acceptors (Lipinski definition) is 2. The van der Waals surface area contributed by atoms with Gasteiger partial charge in [-0.15, -0.1) is 11.8 Å². The molecular formula is C34H48ClF2NOS. The topological polar surface area (TPSA) is 29.1 Å². The van der Waals surface area contributed by atoms with E-state index >= 15 is 0 Å². The van der Waals surface area contributed by atoms with Crippen molar-refractivity contribution in [2.24, 2.45) is 0 Å². The molecule has 0 aliphatic carbocycles. The zero-order valence-corrected chi connectivity index (χ0v) is 26.8. The average molecular weight is 592 g/mol. The van der Waals surface area contributed by atoms with Crippen LogP contribution in [0.1, 0.15) is 90.3 Å². The first kappa shape index (κ1) is 37.6. The summed E-state index contributed by atoms with van der Waals surface area (Å²) in [5.41, 5.74) is 4.45. The van der Waals surface area contributed by atoms with Crippen molar-refractivity contribution < 1.29 is 13.6 Å². The first-order chi connectivity index (χ1) is 19.4. The molecule has 0 bridgehead atoms. The highest BCUT2D eigenvalue weighted by molar-refractivity contribution is 7.99. The normalized spacial score (nSPS) is 10.7. The van der Waals surface area contributed by atoms with Crippen molar-refractivity contribution in [1.29, 1.82) is 0 Å². The maximum Gasteiger partial charge on any atom is 0.238 e. The van der Waals surface area contributed by atoms with E-state index in [1.54, 1.807) is 0 Å². The average Bonchev–Trinajstić information content (AvgIpc) is 2.99. The van der Waals surface area contributed by atoms with E-state index < -0.39 is 6.43 Å². The highest BCUT2D eigenvalue weighted by Gasteiger charge is 2.20. The van der Waals surface area contributed by atoms with Gasteiger partial charge in [0.1, 0.15) is 0 Å². The lowest BCUT2D eigenvalue weighted by molar-refractivity contribution is -0.117. The number of thioether (sulfide) groups is 1. The molecule has 0 saturated heterocycles. The van der Waals surface area contributed by atoms with Crippen LogP contribution in [0.2, 0.25) is 5.02 Å². The molecule has 0 aromatic heterocycles. The van der Waals surface area contributed by atoms with Gasteiger partial charge in [0, 0.05) is 22.0 Å². The van der Waals surface area contributed by atoms with Gasteiger partial charge in [0.15, 0.2) is 0 Å². The first-order valence-corrected chi connectivity index (χ1v) is 15.9. The summed E-state index contributed by atoms with van der Waals surface area (Å²) in [5, 5.41) is 3.88. The van der Waals surface area contributed by atoms with E-state index in [-0.39, 0.29) is 18.2 Å². The van der Waals surface area contributed by atoms with E-state index in [0.717, 1.165) is 47.7 Å². The van der Waals surface area contributed by atoms with E-state index in [9.17, 15) is 13.6 Å². The molecule has 40 heavy (non-hydrogen) atoms. The maximum atomic E-state index is 13.0. The smallest absolute Gasteiger partial charge is 0.238 e. The minimum absolute atomic E-state index is 0.0278. The molecule has 3 aromatic rings. The van der Waals surface area contributed by atoms with Gasteiger partial charge in [0.05, 0.1) is 5.92 Å². The van der Waals surface area contributed by atoms with Crippen molar-refractivity contribution in [3.8, 4) is 0 Å². The van der Waals surface area contributed by atoms with Crippen LogP contribution in [0.3, 0.4) is 0 Å². The minimum Gasteiger partial charge on any atom is -0.326 e. The molecule has 1 N–H and O–H groups in total. The van der Waals surface area contributed by atoms with Crippen LogP contribution in [0.4, 0.5) is 14.5 Å². The molecule has 1 atom stereocenters. The third-order valence-electron chi connectivity index (χ3n) is 5.63. The van der Waals surface area contributed by atoms with E-state index in [1.165, 1.54) is 22.9 Å². The number of halogens is 3. The lowest BCUT2D eigenvalue weighted by Gasteiger charge is -2.17. The van der Waals surface area contributed by atoms with Gasteiger partial charge in [-0.3, -0.25) is 4.79 Å². The number of aryl methyl sites for hydroxylation is 2. The van der Waals surface area contributed by atoms with Crippen LogP contribution in [0.15, 0.2) is 77.7 Å². The quantitative estimate of drug-likeness (QED) is 0.225. The Morgan fingerprint density at radius 3 is 1.70 bits per heavy atom. The lowest BCUT2D eigenvalue weighted by atomic mass is 9.93. The molecule has 3 rings (SSSR count). The lowest BCUT2D eigenvalue weighted by Crippen LogP contribution is -2.21. The number of carbonyl (C=O) groups is 1. The maximum absolute atomic E-state index is 13.0. The number of benzene rings is 3. The number of nitrogens with one attached hydrogen (secondary N) is 1. The van der Waals surface area contributed by atoms with Crippen molar-refractivity contribution in [2.75, 3.05) is 11.1 Å². The molecule has 0 spiro atoms. The Labute approximate surface area is 251 Å². The summed E-state index contributed by atoms with van der Waals surface area (Å²) in [7, 11) is 0. The largest absolute Gasteiger partial charge is 0.326 e. The zero-order valence-electron chi connectivity index (χ0n) is 25.3. The van der Waals surface area contributed by atoms with Gasteiger partial charge < -0.3 is 5.32 Å². The molecule has 0 fully saturated rings. The van der Waals surface area contributed by atoms with Crippen LogP contribution < -0.4 is 5.32 Å². The van der Waals surface area contributed by atoms with Gasteiger partial charge in [-0.05, 0) is 78.1 Å². The van der Waals surface area contributed by atoms with Gasteiger partial charge in [0.2, 0.25) is 12.3 Å². The van der Waals surface area contributed by atoms with E-state index in [4.69, 9.17) is 11.6 Å². The minimum atomic E-state index is -2.12. The van der Waals surface area contributed by atoms with Crippen molar-refractivity contribution in [1.82, 2.24) is 0 Å². The SMILES string of the molecule is CC.CC.CCC(F)F.CCCC(C(=O)Nc1ccc(CCc2ccc(Cl)cc2)cc1)c1ccc(SCC)cc1. The Bertz CT molecular complexity index is 1030. The molecule has 222 valence electrons. The van der Waals surface area contributed by atoms with Crippen LogP contribution in [0.25, 0.3) is 0 Å². The molecule has 0 heterocycles. The van der Waals surface area contributed by atoms with Gasteiger partial charge in [-0.25, -0.2) is 8.78 Å². The van der Waals surface area contributed by atoms with Gasteiger partial charge >= 0.3 is 0 Å². The fourth-order valence-corrected chi connectivity index (χ4v) is 4.41. The Hall–Kier alpha value is -2.37. The van der Waals surface area contributed by atoms with Crippen molar-refractivity contribution in [2.45, 2.75) is 97.8 Å². The number of hydrogen-bond donors (Lipinski definition) is 1. The summed E-state index contributed by atoms with van der Waals surface area (Å²) in [5.74, 6) is 0.982. The third kappa shape index (κ3) is 15.4. The van der Waals surface area contributed by atoms with Crippen molar-refractivity contribution in [3.05, 3.63) is 94.5 Å². The molecule has 0 radical (unpaired) electrons. The number of alkyl halides is 2. The number of carbonyl (C=O) groups excluding carboxylic acids is 1. The monoisotopic (exact) mass is 591 g/mol.